The van der Waals surface area contributed by atoms with Gasteiger partial charge >= 0.3 is 11.7 Å². The Labute approximate surface area is 174 Å². The van der Waals surface area contributed by atoms with Crippen molar-refractivity contribution >= 4 is 28.7 Å². The first-order valence-electron chi connectivity index (χ1n) is 10.1. The van der Waals surface area contributed by atoms with E-state index in [0.717, 1.165) is 17.7 Å². The second-order valence-corrected chi connectivity index (χ2v) is 7.26. The van der Waals surface area contributed by atoms with Crippen molar-refractivity contribution in [1.29, 1.82) is 0 Å². The number of para-hydroxylation sites is 3. The van der Waals surface area contributed by atoms with Gasteiger partial charge in [-0.2, -0.15) is 0 Å². The second-order valence-electron chi connectivity index (χ2n) is 7.26. The van der Waals surface area contributed by atoms with Crippen LogP contribution < -0.4 is 11.1 Å². The van der Waals surface area contributed by atoms with E-state index in [4.69, 9.17) is 9.15 Å². The molecule has 0 aliphatic heterocycles. The largest absolute Gasteiger partial charge is 0.452 e. The van der Waals surface area contributed by atoms with Crippen LogP contribution in [0.4, 0.5) is 5.69 Å². The predicted octanol–water partition coefficient (Wildman–Crippen LogP) is 4.07. The zero-order valence-electron chi connectivity index (χ0n) is 17.4. The SMILES string of the molecule is CC[C@@H](C)c1ccccc1NC(=O)[C@@H](C)OC(=O)CCn1c(=O)oc2ccccc21. The summed E-state index contributed by atoms with van der Waals surface area (Å²) in [5.74, 6) is -1.20. The van der Waals surface area contributed by atoms with E-state index in [1.165, 1.54) is 11.5 Å². The molecule has 0 bridgehead atoms. The summed E-state index contributed by atoms with van der Waals surface area (Å²) in [7, 11) is 0. The molecule has 1 aromatic heterocycles. The lowest BCUT2D eigenvalue weighted by Gasteiger charge is -2.18. The first-order chi connectivity index (χ1) is 14.4. The molecule has 1 amide bonds. The topological polar surface area (TPSA) is 90.5 Å². The molecule has 0 saturated carbocycles. The molecule has 0 radical (unpaired) electrons. The highest BCUT2D eigenvalue weighted by atomic mass is 16.5. The van der Waals surface area contributed by atoms with E-state index in [9.17, 15) is 14.4 Å². The van der Waals surface area contributed by atoms with Crippen LogP contribution in [0, 0.1) is 0 Å². The number of nitrogens with zero attached hydrogens (tertiary/aromatic N) is 1. The van der Waals surface area contributed by atoms with Gasteiger partial charge in [0.25, 0.3) is 5.91 Å². The third kappa shape index (κ3) is 4.79. The lowest BCUT2D eigenvalue weighted by Crippen LogP contribution is -2.31. The number of anilines is 1. The number of ether oxygens (including phenoxy) is 1. The van der Waals surface area contributed by atoms with Gasteiger partial charge in [0.2, 0.25) is 0 Å². The quantitative estimate of drug-likeness (QED) is 0.566. The van der Waals surface area contributed by atoms with Gasteiger partial charge in [0.05, 0.1) is 11.9 Å². The molecule has 3 aromatic rings. The lowest BCUT2D eigenvalue weighted by molar-refractivity contribution is -0.153. The summed E-state index contributed by atoms with van der Waals surface area (Å²) in [6.45, 7) is 5.82. The molecule has 30 heavy (non-hydrogen) atoms. The van der Waals surface area contributed by atoms with Crippen molar-refractivity contribution in [1.82, 2.24) is 4.57 Å². The summed E-state index contributed by atoms with van der Waals surface area (Å²) in [6.07, 6.45) is -0.0652. The normalized spacial score (nSPS) is 13.0. The van der Waals surface area contributed by atoms with Gasteiger partial charge in [0.1, 0.15) is 0 Å². The molecular formula is C23H26N2O5. The maximum atomic E-state index is 12.5. The Hall–Kier alpha value is -3.35. The molecule has 0 aliphatic carbocycles. The second kappa shape index (κ2) is 9.43. The number of aromatic nitrogens is 1. The molecule has 7 heteroatoms. The molecular weight excluding hydrogens is 384 g/mol. The standard InChI is InChI=1S/C23H26N2O5/c1-4-15(2)17-9-5-6-10-18(17)24-22(27)16(3)29-21(26)13-14-25-19-11-7-8-12-20(19)30-23(25)28/h5-12,15-16H,4,13-14H2,1-3H3,(H,24,27)/t15-,16-/m1/s1. The fourth-order valence-electron chi connectivity index (χ4n) is 3.23. The number of carbonyl (C=O) groups excluding carboxylic acids is 2. The number of esters is 1. The van der Waals surface area contributed by atoms with Crippen molar-refractivity contribution in [3.05, 3.63) is 64.6 Å². The molecule has 0 spiro atoms. The van der Waals surface area contributed by atoms with Crippen LogP contribution in [-0.2, 0) is 20.9 Å². The first-order valence-corrected chi connectivity index (χ1v) is 10.1. The monoisotopic (exact) mass is 410 g/mol. The zero-order chi connectivity index (χ0) is 21.7. The van der Waals surface area contributed by atoms with Gasteiger partial charge in [-0.15, -0.1) is 0 Å². The van der Waals surface area contributed by atoms with E-state index in [2.05, 4.69) is 19.2 Å². The molecule has 0 fully saturated rings. The van der Waals surface area contributed by atoms with E-state index < -0.39 is 23.7 Å². The minimum absolute atomic E-state index is 0.0511. The van der Waals surface area contributed by atoms with Crippen molar-refractivity contribution in [2.45, 2.75) is 52.2 Å². The maximum absolute atomic E-state index is 12.5. The molecule has 0 saturated heterocycles. The van der Waals surface area contributed by atoms with Crippen molar-refractivity contribution in [2.75, 3.05) is 5.32 Å². The van der Waals surface area contributed by atoms with E-state index in [1.807, 2.05) is 24.3 Å². The first kappa shape index (κ1) is 21.4. The Bertz CT molecular complexity index is 1100. The van der Waals surface area contributed by atoms with E-state index in [0.29, 0.717) is 17.0 Å². The number of amides is 1. The van der Waals surface area contributed by atoms with Crippen molar-refractivity contribution in [2.24, 2.45) is 0 Å². The predicted molar refractivity (Wildman–Crippen MR) is 114 cm³/mol. The van der Waals surface area contributed by atoms with Crippen LogP contribution in [0.25, 0.3) is 11.1 Å². The zero-order valence-corrected chi connectivity index (χ0v) is 17.4. The molecule has 0 aliphatic rings. The summed E-state index contributed by atoms with van der Waals surface area (Å²) in [5, 5.41) is 2.85. The van der Waals surface area contributed by atoms with Gasteiger partial charge < -0.3 is 14.5 Å². The van der Waals surface area contributed by atoms with Crippen LogP contribution in [0.2, 0.25) is 0 Å². The third-order valence-corrected chi connectivity index (χ3v) is 5.15. The molecule has 0 unspecified atom stereocenters. The molecule has 158 valence electrons. The molecule has 1 heterocycles. The summed E-state index contributed by atoms with van der Waals surface area (Å²) < 4.78 is 11.8. The smallest absolute Gasteiger partial charge is 0.419 e. The average molecular weight is 410 g/mol. The maximum Gasteiger partial charge on any atom is 0.419 e. The van der Waals surface area contributed by atoms with Gasteiger partial charge in [-0.1, -0.05) is 44.2 Å². The van der Waals surface area contributed by atoms with Gasteiger partial charge in [-0.05, 0) is 43.0 Å². The Morgan fingerprint density at radius 3 is 2.57 bits per heavy atom. The van der Waals surface area contributed by atoms with Crippen molar-refractivity contribution < 1.29 is 18.7 Å². The highest BCUT2D eigenvalue weighted by Gasteiger charge is 2.20. The van der Waals surface area contributed by atoms with Gasteiger partial charge in [-0.3, -0.25) is 14.2 Å². The fraction of sp³-hybridized carbons (Fsp3) is 0.348. The van der Waals surface area contributed by atoms with Gasteiger partial charge in [0, 0.05) is 12.2 Å². The lowest BCUT2D eigenvalue weighted by atomic mass is 9.97. The molecule has 1 N–H and O–H groups in total. The van der Waals surface area contributed by atoms with Crippen LogP contribution in [0.5, 0.6) is 0 Å². The number of hydrogen-bond acceptors (Lipinski definition) is 5. The van der Waals surface area contributed by atoms with Crippen molar-refractivity contribution in [3.8, 4) is 0 Å². The average Bonchev–Trinajstić information content (AvgIpc) is 3.06. The Kier molecular flexibility index (Phi) is 6.72. The summed E-state index contributed by atoms with van der Waals surface area (Å²) in [4.78, 5) is 36.7. The molecule has 2 atom stereocenters. The van der Waals surface area contributed by atoms with Crippen LogP contribution in [0.3, 0.4) is 0 Å². The summed E-state index contributed by atoms with van der Waals surface area (Å²) in [6, 6.07) is 14.6. The minimum atomic E-state index is -0.958. The van der Waals surface area contributed by atoms with E-state index >= 15 is 0 Å². The number of hydrogen-bond donors (Lipinski definition) is 1. The summed E-state index contributed by atoms with van der Waals surface area (Å²) >= 11 is 0. The fourth-order valence-corrected chi connectivity index (χ4v) is 3.23. The molecule has 7 nitrogen and oxygen atoms in total. The highest BCUT2D eigenvalue weighted by Crippen LogP contribution is 2.26. The van der Waals surface area contributed by atoms with E-state index in [-0.39, 0.29) is 13.0 Å². The highest BCUT2D eigenvalue weighted by molar-refractivity contribution is 5.95. The van der Waals surface area contributed by atoms with Crippen LogP contribution in [-0.4, -0.2) is 22.5 Å². The number of aryl methyl sites for hydroxylation is 1. The Balaban J connectivity index is 1.58. The molecule has 3 rings (SSSR count). The minimum Gasteiger partial charge on any atom is -0.452 e. The third-order valence-electron chi connectivity index (χ3n) is 5.15. The van der Waals surface area contributed by atoms with Crippen molar-refractivity contribution in [3.63, 3.8) is 0 Å². The number of carbonyl (C=O) groups is 2. The van der Waals surface area contributed by atoms with Crippen LogP contribution in [0.1, 0.15) is 45.1 Å². The van der Waals surface area contributed by atoms with Gasteiger partial charge in [0.15, 0.2) is 11.7 Å². The number of rotatable bonds is 8. The van der Waals surface area contributed by atoms with E-state index in [1.54, 1.807) is 24.3 Å². The van der Waals surface area contributed by atoms with Crippen LogP contribution in [0.15, 0.2) is 57.7 Å². The van der Waals surface area contributed by atoms with Gasteiger partial charge in [-0.25, -0.2) is 4.79 Å². The Morgan fingerprint density at radius 2 is 1.80 bits per heavy atom. The Morgan fingerprint density at radius 1 is 1.10 bits per heavy atom. The molecule has 2 aromatic carbocycles. The number of fused-ring (bicyclic) bond motifs is 1. The number of nitrogens with one attached hydrogen (secondary N) is 1. The van der Waals surface area contributed by atoms with Crippen LogP contribution >= 0.6 is 0 Å². The number of benzene rings is 2. The summed E-state index contributed by atoms with van der Waals surface area (Å²) in [5.41, 5.74) is 2.83. The number of oxazole rings is 1.